The molecule has 7 nitrogen and oxygen atoms in total. The number of benzene rings is 2. The predicted molar refractivity (Wildman–Crippen MR) is 126 cm³/mol. The van der Waals surface area contributed by atoms with Crippen LogP contribution in [-0.2, 0) is 11.8 Å². The molecule has 0 saturated heterocycles. The highest BCUT2D eigenvalue weighted by molar-refractivity contribution is 8.00. The molecule has 0 bridgehead atoms. The molecule has 2 heterocycles. The molecule has 4 aromatic rings. The van der Waals surface area contributed by atoms with Crippen LogP contribution in [0.1, 0.15) is 13.8 Å². The number of thioether (sulfide) groups is 1. The molecule has 0 aliphatic heterocycles. The number of nitrogens with zero attached hydrogens (tertiary/aromatic N) is 5. The van der Waals surface area contributed by atoms with Gasteiger partial charge in [-0.25, -0.2) is 9.97 Å². The Hall–Kier alpha value is -3.39. The molecular weight excluding hydrogens is 408 g/mol. The van der Waals surface area contributed by atoms with Crippen LogP contribution >= 0.6 is 11.8 Å². The van der Waals surface area contributed by atoms with Gasteiger partial charge in [0.15, 0.2) is 5.65 Å². The fraction of sp³-hybridized carbons (Fsp3) is 0.217. The van der Waals surface area contributed by atoms with Crippen molar-refractivity contribution in [2.45, 2.75) is 24.9 Å². The molecule has 8 heteroatoms. The van der Waals surface area contributed by atoms with Crippen LogP contribution < -0.4 is 10.2 Å². The Morgan fingerprint density at radius 3 is 2.48 bits per heavy atom. The molecule has 0 radical (unpaired) electrons. The van der Waals surface area contributed by atoms with E-state index in [4.69, 9.17) is 0 Å². The van der Waals surface area contributed by atoms with Gasteiger partial charge < -0.3 is 10.2 Å². The third kappa shape index (κ3) is 4.69. The Morgan fingerprint density at radius 1 is 1.06 bits per heavy atom. The van der Waals surface area contributed by atoms with Gasteiger partial charge in [-0.1, -0.05) is 30.0 Å². The summed E-state index contributed by atoms with van der Waals surface area (Å²) >= 11 is 1.41. The molecule has 0 atom stereocenters. The van der Waals surface area contributed by atoms with Crippen LogP contribution in [0.2, 0.25) is 0 Å². The molecule has 0 spiro atoms. The summed E-state index contributed by atoms with van der Waals surface area (Å²) in [5, 5.41) is 9.22. The number of hydrogen-bond acceptors (Lipinski definition) is 6. The Kier molecular flexibility index (Phi) is 6.18. The number of para-hydroxylation sites is 1. The first-order valence-corrected chi connectivity index (χ1v) is 11.0. The van der Waals surface area contributed by atoms with Crippen molar-refractivity contribution in [3.63, 3.8) is 0 Å². The minimum Gasteiger partial charge on any atom is -0.356 e. The van der Waals surface area contributed by atoms with Crippen LogP contribution in [0.3, 0.4) is 0 Å². The number of hydrogen-bond donors (Lipinski definition) is 1. The van der Waals surface area contributed by atoms with Crippen LogP contribution in [-0.4, -0.2) is 37.5 Å². The van der Waals surface area contributed by atoms with Crippen LogP contribution in [0.25, 0.3) is 11.0 Å². The molecule has 158 valence electrons. The van der Waals surface area contributed by atoms with Crippen LogP contribution in [0, 0.1) is 0 Å². The van der Waals surface area contributed by atoms with Crippen molar-refractivity contribution in [2.75, 3.05) is 16.0 Å². The van der Waals surface area contributed by atoms with Gasteiger partial charge in [-0.2, -0.15) is 5.10 Å². The third-order valence-electron chi connectivity index (χ3n) is 4.82. The van der Waals surface area contributed by atoms with E-state index in [1.54, 1.807) is 10.9 Å². The molecule has 0 unspecified atom stereocenters. The van der Waals surface area contributed by atoms with Crippen molar-refractivity contribution in [1.29, 1.82) is 0 Å². The van der Waals surface area contributed by atoms with Gasteiger partial charge in [0.1, 0.15) is 11.4 Å². The molecule has 0 aliphatic carbocycles. The first kappa shape index (κ1) is 20.9. The lowest BCUT2D eigenvalue weighted by Crippen LogP contribution is -2.38. The second kappa shape index (κ2) is 9.18. The zero-order valence-electron chi connectivity index (χ0n) is 17.7. The van der Waals surface area contributed by atoms with Gasteiger partial charge in [0, 0.05) is 30.2 Å². The maximum absolute atomic E-state index is 13.1. The zero-order chi connectivity index (χ0) is 21.8. The number of aryl methyl sites for hydroxylation is 1. The lowest BCUT2D eigenvalue weighted by atomic mass is 10.2. The minimum absolute atomic E-state index is 0.0272. The summed E-state index contributed by atoms with van der Waals surface area (Å²) in [6.07, 6.45) is 3.25. The van der Waals surface area contributed by atoms with Gasteiger partial charge >= 0.3 is 0 Å². The summed E-state index contributed by atoms with van der Waals surface area (Å²) in [5.74, 6) is 0.308. The number of amides is 1. The average Bonchev–Trinajstić information content (AvgIpc) is 3.16. The minimum atomic E-state index is 0.0272. The number of rotatable bonds is 7. The van der Waals surface area contributed by atoms with E-state index in [-0.39, 0.29) is 17.7 Å². The lowest BCUT2D eigenvalue weighted by molar-refractivity contribution is -0.116. The molecule has 1 N–H and O–H groups in total. The van der Waals surface area contributed by atoms with E-state index in [0.717, 1.165) is 33.1 Å². The molecular formula is C23H24N6OS. The number of carbonyl (C=O) groups excluding carboxylic acids is 1. The largest absolute Gasteiger partial charge is 0.356 e. The number of anilines is 3. The van der Waals surface area contributed by atoms with Gasteiger partial charge in [-0.3, -0.25) is 9.48 Å². The lowest BCUT2D eigenvalue weighted by Gasteiger charge is -2.27. The maximum atomic E-state index is 13.1. The van der Waals surface area contributed by atoms with Gasteiger partial charge in [0.2, 0.25) is 5.91 Å². The van der Waals surface area contributed by atoms with E-state index >= 15 is 0 Å². The fourth-order valence-electron chi connectivity index (χ4n) is 3.38. The predicted octanol–water partition coefficient (Wildman–Crippen LogP) is 4.64. The average molecular weight is 433 g/mol. The number of fused-ring (bicyclic) bond motifs is 1. The Bertz CT molecular complexity index is 1170. The van der Waals surface area contributed by atoms with Crippen molar-refractivity contribution >= 4 is 45.8 Å². The second-order valence-corrected chi connectivity index (χ2v) is 8.33. The van der Waals surface area contributed by atoms with E-state index in [2.05, 4.69) is 20.4 Å². The number of aromatic nitrogens is 4. The fourth-order valence-corrected chi connectivity index (χ4v) is 4.20. The molecule has 0 fully saturated rings. The van der Waals surface area contributed by atoms with Gasteiger partial charge in [-0.15, -0.1) is 0 Å². The molecule has 0 saturated carbocycles. The Labute approximate surface area is 185 Å². The van der Waals surface area contributed by atoms with Crippen molar-refractivity contribution in [3.8, 4) is 0 Å². The highest BCUT2D eigenvalue weighted by atomic mass is 32.2. The number of nitrogens with one attached hydrogen (secondary N) is 1. The van der Waals surface area contributed by atoms with E-state index < -0.39 is 0 Å². The standard InChI is InChI=1S/C23H24N6OS/c1-16(2)29(19-11-9-18(10-12-19)27-17-7-5-4-6-8-17)21(30)14-31-23-20-13-26-28(3)22(20)24-15-25-23/h4-13,15-16,27H,14H2,1-3H3. The smallest absolute Gasteiger partial charge is 0.237 e. The SMILES string of the molecule is CC(C)N(C(=O)CSc1ncnc2c1cnn2C)c1ccc(Nc2ccccc2)cc1. The highest BCUT2D eigenvalue weighted by Gasteiger charge is 2.20. The normalized spacial score (nSPS) is 11.1. The highest BCUT2D eigenvalue weighted by Crippen LogP contribution is 2.27. The van der Waals surface area contributed by atoms with Crippen LogP contribution in [0.5, 0.6) is 0 Å². The Morgan fingerprint density at radius 2 is 1.77 bits per heavy atom. The summed E-state index contributed by atoms with van der Waals surface area (Å²) in [6, 6.07) is 17.9. The van der Waals surface area contributed by atoms with E-state index in [1.807, 2.05) is 80.4 Å². The molecule has 1 amide bonds. The van der Waals surface area contributed by atoms with Gasteiger partial charge in [0.05, 0.1) is 17.3 Å². The van der Waals surface area contributed by atoms with Crippen LogP contribution in [0.4, 0.5) is 17.1 Å². The van der Waals surface area contributed by atoms with Gasteiger partial charge in [-0.05, 0) is 50.2 Å². The summed E-state index contributed by atoms with van der Waals surface area (Å²) in [7, 11) is 1.84. The second-order valence-electron chi connectivity index (χ2n) is 7.37. The molecule has 2 aromatic heterocycles. The third-order valence-corrected chi connectivity index (χ3v) is 5.81. The summed E-state index contributed by atoms with van der Waals surface area (Å²) in [5.41, 5.74) is 3.62. The van der Waals surface area contributed by atoms with Gasteiger partial charge in [0.25, 0.3) is 0 Å². The summed E-state index contributed by atoms with van der Waals surface area (Å²) < 4.78 is 1.70. The van der Waals surface area contributed by atoms with Crippen molar-refractivity contribution in [1.82, 2.24) is 19.7 Å². The van der Waals surface area contributed by atoms with Crippen molar-refractivity contribution in [3.05, 3.63) is 67.1 Å². The number of carbonyl (C=O) groups is 1. The molecule has 2 aromatic carbocycles. The summed E-state index contributed by atoms with van der Waals surface area (Å²) in [6.45, 7) is 4.03. The van der Waals surface area contributed by atoms with E-state index in [0.29, 0.717) is 0 Å². The monoisotopic (exact) mass is 432 g/mol. The quantitative estimate of drug-likeness (QED) is 0.339. The summed E-state index contributed by atoms with van der Waals surface area (Å²) in [4.78, 5) is 23.5. The zero-order valence-corrected chi connectivity index (χ0v) is 18.5. The topological polar surface area (TPSA) is 75.9 Å². The molecule has 31 heavy (non-hydrogen) atoms. The first-order chi connectivity index (χ1) is 15.0. The van der Waals surface area contributed by atoms with E-state index in [9.17, 15) is 4.79 Å². The Balaban J connectivity index is 1.47. The first-order valence-electron chi connectivity index (χ1n) is 10.0. The van der Waals surface area contributed by atoms with Crippen LogP contribution in [0.15, 0.2) is 72.1 Å². The molecule has 4 rings (SSSR count). The van der Waals surface area contributed by atoms with E-state index in [1.165, 1.54) is 18.1 Å². The van der Waals surface area contributed by atoms with Crippen molar-refractivity contribution in [2.24, 2.45) is 7.05 Å². The maximum Gasteiger partial charge on any atom is 0.237 e. The van der Waals surface area contributed by atoms with Crippen molar-refractivity contribution < 1.29 is 4.79 Å². The molecule has 0 aliphatic rings.